The molecule has 1 aliphatic rings. The van der Waals surface area contributed by atoms with Crippen LogP contribution in [0.15, 0.2) is 0 Å². The van der Waals surface area contributed by atoms with Gasteiger partial charge in [-0.3, -0.25) is 0 Å². The summed E-state index contributed by atoms with van der Waals surface area (Å²) < 4.78 is 0. The summed E-state index contributed by atoms with van der Waals surface area (Å²) in [5.41, 5.74) is 0.286. The lowest BCUT2D eigenvalue weighted by molar-refractivity contribution is 0.0686. The van der Waals surface area contributed by atoms with Gasteiger partial charge in [0.15, 0.2) is 0 Å². The van der Waals surface area contributed by atoms with E-state index in [1.807, 2.05) is 0 Å². The van der Waals surface area contributed by atoms with Crippen LogP contribution in [0, 0.1) is 0 Å². The van der Waals surface area contributed by atoms with E-state index in [0.717, 1.165) is 0 Å². The minimum atomic E-state index is 0.286. The second kappa shape index (κ2) is 2.25. The van der Waals surface area contributed by atoms with E-state index < -0.39 is 0 Å². The molecule has 0 saturated heterocycles. The van der Waals surface area contributed by atoms with E-state index in [2.05, 4.69) is 23.8 Å². The first-order chi connectivity index (χ1) is 4.21. The zero-order valence-corrected chi connectivity index (χ0v) is 6.05. The highest BCUT2D eigenvalue weighted by atomic mass is 16.6. The van der Waals surface area contributed by atoms with Gasteiger partial charge in [-0.2, -0.15) is 0 Å². The van der Waals surface area contributed by atoms with Crippen molar-refractivity contribution in [1.82, 2.24) is 4.90 Å². The first-order valence-electron chi connectivity index (χ1n) is 3.20. The smallest absolute Gasteiger partial charge is 0.0862 e. The number of likely N-dealkylation sites (N-methyl/N-ethyl adjacent to an activating group) is 1. The highest BCUT2D eigenvalue weighted by Crippen LogP contribution is 2.39. The van der Waals surface area contributed by atoms with E-state index in [9.17, 15) is 0 Å². The summed E-state index contributed by atoms with van der Waals surface area (Å²) in [5, 5.41) is 0. The van der Waals surface area contributed by atoms with Crippen molar-refractivity contribution in [3.8, 4) is 0 Å². The van der Waals surface area contributed by atoms with Crippen LogP contribution in [0.3, 0.4) is 0 Å². The summed E-state index contributed by atoms with van der Waals surface area (Å²) >= 11 is 0. The Bertz CT molecular complexity index is 99.2. The summed E-state index contributed by atoms with van der Waals surface area (Å²) in [7, 11) is 4.12. The SMILES string of the molecule is CN(C)C1(CON)CC1. The van der Waals surface area contributed by atoms with Crippen molar-refractivity contribution >= 4 is 0 Å². The van der Waals surface area contributed by atoms with Crippen molar-refractivity contribution in [3.63, 3.8) is 0 Å². The summed E-state index contributed by atoms with van der Waals surface area (Å²) in [6.07, 6.45) is 2.44. The van der Waals surface area contributed by atoms with E-state index in [1.54, 1.807) is 0 Å². The Balaban J connectivity index is 2.33. The molecule has 0 amide bonds. The minimum absolute atomic E-state index is 0.286. The molecule has 1 aliphatic carbocycles. The highest BCUT2D eigenvalue weighted by Gasteiger charge is 2.44. The Morgan fingerprint density at radius 2 is 2.11 bits per heavy atom. The number of rotatable bonds is 3. The van der Waals surface area contributed by atoms with Crippen molar-refractivity contribution in [2.24, 2.45) is 5.90 Å². The van der Waals surface area contributed by atoms with Gasteiger partial charge < -0.3 is 9.74 Å². The highest BCUT2D eigenvalue weighted by molar-refractivity contribution is 5.01. The Morgan fingerprint density at radius 3 is 2.22 bits per heavy atom. The molecule has 0 spiro atoms. The molecule has 1 rings (SSSR count). The molecule has 9 heavy (non-hydrogen) atoms. The van der Waals surface area contributed by atoms with Crippen molar-refractivity contribution in [3.05, 3.63) is 0 Å². The average molecular weight is 130 g/mol. The maximum absolute atomic E-state index is 4.97. The zero-order chi connectivity index (χ0) is 6.91. The number of nitrogens with zero attached hydrogens (tertiary/aromatic N) is 1. The molecule has 3 heteroatoms. The second-order valence-electron chi connectivity index (χ2n) is 2.93. The van der Waals surface area contributed by atoms with Crippen LogP contribution >= 0.6 is 0 Å². The van der Waals surface area contributed by atoms with Gasteiger partial charge in [0.05, 0.1) is 6.61 Å². The quantitative estimate of drug-likeness (QED) is 0.545. The van der Waals surface area contributed by atoms with Crippen LogP contribution in [0.1, 0.15) is 12.8 Å². The molecular weight excluding hydrogens is 116 g/mol. The molecule has 1 fully saturated rings. The molecule has 0 aromatic rings. The van der Waals surface area contributed by atoms with E-state index in [1.165, 1.54) is 12.8 Å². The third-order valence-corrected chi connectivity index (χ3v) is 2.13. The molecule has 0 aromatic carbocycles. The maximum Gasteiger partial charge on any atom is 0.0862 e. The van der Waals surface area contributed by atoms with Gasteiger partial charge >= 0.3 is 0 Å². The van der Waals surface area contributed by atoms with Gasteiger partial charge in [0.2, 0.25) is 0 Å². The van der Waals surface area contributed by atoms with Crippen LogP contribution < -0.4 is 5.90 Å². The van der Waals surface area contributed by atoms with Gasteiger partial charge in [-0.15, -0.1) is 0 Å². The second-order valence-corrected chi connectivity index (χ2v) is 2.93. The summed E-state index contributed by atoms with van der Waals surface area (Å²) in [4.78, 5) is 6.77. The fraction of sp³-hybridized carbons (Fsp3) is 1.00. The molecule has 0 unspecified atom stereocenters. The minimum Gasteiger partial charge on any atom is -0.303 e. The monoisotopic (exact) mass is 130 g/mol. The average Bonchev–Trinajstić information content (AvgIpc) is 2.49. The van der Waals surface area contributed by atoms with Gasteiger partial charge in [0, 0.05) is 5.54 Å². The molecule has 3 nitrogen and oxygen atoms in total. The van der Waals surface area contributed by atoms with Gasteiger partial charge in [0.25, 0.3) is 0 Å². The van der Waals surface area contributed by atoms with Crippen LogP contribution in [0.5, 0.6) is 0 Å². The molecule has 0 aromatic heterocycles. The third kappa shape index (κ3) is 1.23. The Kier molecular flexibility index (Phi) is 1.75. The Labute approximate surface area is 55.7 Å². The largest absolute Gasteiger partial charge is 0.303 e. The van der Waals surface area contributed by atoms with Crippen molar-refractivity contribution in [2.45, 2.75) is 18.4 Å². The maximum atomic E-state index is 4.97. The fourth-order valence-corrected chi connectivity index (χ4v) is 1.02. The van der Waals surface area contributed by atoms with Gasteiger partial charge in [0.1, 0.15) is 0 Å². The number of nitrogens with two attached hydrogens (primary N) is 1. The molecule has 0 aliphatic heterocycles. The van der Waals surface area contributed by atoms with Gasteiger partial charge in [-0.25, -0.2) is 5.90 Å². The molecule has 2 N–H and O–H groups in total. The fourth-order valence-electron chi connectivity index (χ4n) is 1.02. The first kappa shape index (κ1) is 6.99. The molecule has 54 valence electrons. The van der Waals surface area contributed by atoms with Crippen molar-refractivity contribution in [1.29, 1.82) is 0 Å². The van der Waals surface area contributed by atoms with E-state index >= 15 is 0 Å². The zero-order valence-electron chi connectivity index (χ0n) is 6.05. The van der Waals surface area contributed by atoms with Gasteiger partial charge in [-0.05, 0) is 26.9 Å². The molecule has 0 heterocycles. The van der Waals surface area contributed by atoms with E-state index in [0.29, 0.717) is 6.61 Å². The predicted molar refractivity (Wildman–Crippen MR) is 35.8 cm³/mol. The van der Waals surface area contributed by atoms with Crippen LogP contribution in [0.4, 0.5) is 0 Å². The molecule has 0 radical (unpaired) electrons. The summed E-state index contributed by atoms with van der Waals surface area (Å²) in [6, 6.07) is 0. The summed E-state index contributed by atoms with van der Waals surface area (Å²) in [5.74, 6) is 4.97. The normalized spacial score (nSPS) is 22.7. The predicted octanol–water partition coefficient (Wildman–Crippen LogP) is -0.0291. The molecule has 1 saturated carbocycles. The topological polar surface area (TPSA) is 38.5 Å². The van der Waals surface area contributed by atoms with Crippen molar-refractivity contribution in [2.75, 3.05) is 20.7 Å². The van der Waals surface area contributed by atoms with Crippen LogP contribution in [-0.2, 0) is 4.84 Å². The number of hydrogen-bond acceptors (Lipinski definition) is 3. The third-order valence-electron chi connectivity index (χ3n) is 2.13. The molecular formula is C6H14N2O. The Morgan fingerprint density at radius 1 is 1.56 bits per heavy atom. The van der Waals surface area contributed by atoms with Crippen LogP contribution in [-0.4, -0.2) is 31.1 Å². The summed E-state index contributed by atoms with van der Waals surface area (Å²) in [6.45, 7) is 0.667. The lowest BCUT2D eigenvalue weighted by Crippen LogP contribution is -2.35. The lowest BCUT2D eigenvalue weighted by Gasteiger charge is -2.21. The molecule has 0 atom stereocenters. The van der Waals surface area contributed by atoms with E-state index in [-0.39, 0.29) is 5.54 Å². The lowest BCUT2D eigenvalue weighted by atomic mass is 10.3. The number of hydrogen-bond donors (Lipinski definition) is 1. The van der Waals surface area contributed by atoms with Crippen molar-refractivity contribution < 1.29 is 4.84 Å². The standard InChI is InChI=1S/C6H14N2O/c1-8(2)6(3-4-6)5-9-7/h3-5,7H2,1-2H3. The van der Waals surface area contributed by atoms with Crippen LogP contribution in [0.25, 0.3) is 0 Å². The first-order valence-corrected chi connectivity index (χ1v) is 3.20. The Hall–Kier alpha value is -0.120. The van der Waals surface area contributed by atoms with Gasteiger partial charge in [-0.1, -0.05) is 0 Å². The van der Waals surface area contributed by atoms with E-state index in [4.69, 9.17) is 5.90 Å². The molecule has 0 bridgehead atoms. The van der Waals surface area contributed by atoms with Crippen LogP contribution in [0.2, 0.25) is 0 Å².